The molecular formula is C12H12N2O. The van der Waals surface area contributed by atoms with Crippen LogP contribution >= 0.6 is 0 Å². The molecule has 0 bridgehead atoms. The van der Waals surface area contributed by atoms with E-state index in [1.54, 1.807) is 18.3 Å². The molecule has 0 amide bonds. The minimum Gasteiger partial charge on any atom is -0.508 e. The predicted molar refractivity (Wildman–Crippen MR) is 58.6 cm³/mol. The number of phenolic OH excluding ortho intramolecular Hbond substituents is 1. The lowest BCUT2D eigenvalue weighted by Gasteiger charge is -2.05. The minimum atomic E-state index is 0.261. The van der Waals surface area contributed by atoms with Gasteiger partial charge in [0.1, 0.15) is 5.75 Å². The average Bonchev–Trinajstić information content (AvgIpc) is 2.23. The number of nitrogens with zero attached hydrogens (tertiary/aromatic N) is 2. The van der Waals surface area contributed by atoms with E-state index in [4.69, 9.17) is 0 Å². The van der Waals surface area contributed by atoms with Gasteiger partial charge in [0.15, 0.2) is 0 Å². The van der Waals surface area contributed by atoms with Crippen LogP contribution in [-0.2, 0) is 0 Å². The molecule has 0 aliphatic rings. The second kappa shape index (κ2) is 3.69. The molecule has 3 heteroatoms. The summed E-state index contributed by atoms with van der Waals surface area (Å²) in [7, 11) is 0. The lowest BCUT2D eigenvalue weighted by Crippen LogP contribution is -1.93. The predicted octanol–water partition coefficient (Wildman–Crippen LogP) is 2.47. The molecule has 2 rings (SSSR count). The Hall–Kier alpha value is -1.90. The molecule has 3 nitrogen and oxygen atoms in total. The maximum Gasteiger partial charge on any atom is 0.115 e. The van der Waals surface area contributed by atoms with Crippen LogP contribution in [0, 0.1) is 13.8 Å². The maximum atomic E-state index is 9.19. The van der Waals surface area contributed by atoms with Crippen LogP contribution in [0.1, 0.15) is 11.4 Å². The maximum absolute atomic E-state index is 9.19. The molecule has 0 fully saturated rings. The first kappa shape index (κ1) is 9.65. The molecule has 1 aromatic heterocycles. The van der Waals surface area contributed by atoms with Crippen molar-refractivity contribution in [2.24, 2.45) is 0 Å². The van der Waals surface area contributed by atoms with E-state index in [1.165, 1.54) is 0 Å². The normalized spacial score (nSPS) is 10.3. The minimum absolute atomic E-state index is 0.261. The van der Waals surface area contributed by atoms with E-state index >= 15 is 0 Å². The van der Waals surface area contributed by atoms with Crippen molar-refractivity contribution >= 4 is 0 Å². The zero-order valence-corrected chi connectivity index (χ0v) is 8.73. The Morgan fingerprint density at radius 2 is 1.73 bits per heavy atom. The second-order valence-electron chi connectivity index (χ2n) is 3.49. The van der Waals surface area contributed by atoms with Crippen molar-refractivity contribution in [3.8, 4) is 17.0 Å². The van der Waals surface area contributed by atoms with Gasteiger partial charge in [0, 0.05) is 11.8 Å². The van der Waals surface area contributed by atoms with Gasteiger partial charge >= 0.3 is 0 Å². The Bertz CT molecular complexity index is 477. The van der Waals surface area contributed by atoms with Crippen molar-refractivity contribution in [3.63, 3.8) is 0 Å². The number of aromatic nitrogens is 2. The molecule has 0 aliphatic heterocycles. The van der Waals surface area contributed by atoms with E-state index in [2.05, 4.69) is 9.97 Å². The van der Waals surface area contributed by atoms with Gasteiger partial charge < -0.3 is 5.11 Å². The monoisotopic (exact) mass is 200 g/mol. The summed E-state index contributed by atoms with van der Waals surface area (Å²) in [6.45, 7) is 3.84. The summed E-state index contributed by atoms with van der Waals surface area (Å²) >= 11 is 0. The zero-order valence-electron chi connectivity index (χ0n) is 8.73. The Labute approximate surface area is 88.5 Å². The quantitative estimate of drug-likeness (QED) is 0.769. The molecule has 0 radical (unpaired) electrons. The van der Waals surface area contributed by atoms with Gasteiger partial charge in [-0.15, -0.1) is 0 Å². The molecule has 1 N–H and O–H groups in total. The summed E-state index contributed by atoms with van der Waals surface area (Å²) in [5.74, 6) is 0.261. The van der Waals surface area contributed by atoms with Gasteiger partial charge in [0.25, 0.3) is 0 Å². The van der Waals surface area contributed by atoms with Crippen LogP contribution in [-0.4, -0.2) is 15.1 Å². The topological polar surface area (TPSA) is 46.0 Å². The van der Waals surface area contributed by atoms with Gasteiger partial charge in [-0.3, -0.25) is 4.98 Å². The van der Waals surface area contributed by atoms with Gasteiger partial charge in [0.2, 0.25) is 0 Å². The lowest BCUT2D eigenvalue weighted by atomic mass is 10.1. The third-order valence-corrected chi connectivity index (χ3v) is 2.22. The molecule has 1 heterocycles. The summed E-state index contributed by atoms with van der Waals surface area (Å²) in [5.41, 5.74) is 3.63. The molecule has 0 saturated heterocycles. The van der Waals surface area contributed by atoms with Gasteiger partial charge in [-0.2, -0.15) is 0 Å². The van der Waals surface area contributed by atoms with Crippen molar-refractivity contribution in [1.82, 2.24) is 9.97 Å². The lowest BCUT2D eigenvalue weighted by molar-refractivity contribution is 0.475. The van der Waals surface area contributed by atoms with Crippen molar-refractivity contribution in [2.45, 2.75) is 13.8 Å². The molecule has 2 aromatic rings. The third-order valence-electron chi connectivity index (χ3n) is 2.22. The fourth-order valence-electron chi connectivity index (χ4n) is 1.43. The van der Waals surface area contributed by atoms with Crippen molar-refractivity contribution in [1.29, 1.82) is 0 Å². The number of hydrogen-bond acceptors (Lipinski definition) is 3. The second-order valence-corrected chi connectivity index (χ2v) is 3.49. The summed E-state index contributed by atoms with van der Waals surface area (Å²) in [6.07, 6.45) is 1.75. The van der Waals surface area contributed by atoms with Crippen LogP contribution in [0.2, 0.25) is 0 Å². The third kappa shape index (κ3) is 1.96. The molecule has 0 spiro atoms. The Balaban J connectivity index is 2.53. The van der Waals surface area contributed by atoms with Gasteiger partial charge in [0.05, 0.1) is 17.1 Å². The summed E-state index contributed by atoms with van der Waals surface area (Å²) in [4.78, 5) is 8.68. The van der Waals surface area contributed by atoms with Crippen LogP contribution in [0.15, 0.2) is 30.5 Å². The highest BCUT2D eigenvalue weighted by molar-refractivity contribution is 5.62. The standard InChI is InChI=1S/C12H12N2O/c1-8-7-13-9(2)12(14-8)10-3-5-11(15)6-4-10/h3-7,15H,1-2H3. The molecular weight excluding hydrogens is 188 g/mol. The first-order chi connectivity index (χ1) is 7.16. The number of aromatic hydroxyl groups is 1. The van der Waals surface area contributed by atoms with Crippen molar-refractivity contribution in [3.05, 3.63) is 41.9 Å². The number of rotatable bonds is 1. The van der Waals surface area contributed by atoms with Crippen LogP contribution in [0.3, 0.4) is 0 Å². The Morgan fingerprint density at radius 1 is 1.07 bits per heavy atom. The Kier molecular flexibility index (Phi) is 2.37. The van der Waals surface area contributed by atoms with Crippen molar-refractivity contribution in [2.75, 3.05) is 0 Å². The fraction of sp³-hybridized carbons (Fsp3) is 0.167. The van der Waals surface area contributed by atoms with E-state index in [0.29, 0.717) is 0 Å². The highest BCUT2D eigenvalue weighted by Crippen LogP contribution is 2.21. The first-order valence-electron chi connectivity index (χ1n) is 4.76. The molecule has 0 atom stereocenters. The summed E-state index contributed by atoms with van der Waals surface area (Å²) in [5, 5.41) is 9.19. The van der Waals surface area contributed by atoms with E-state index < -0.39 is 0 Å². The van der Waals surface area contributed by atoms with Crippen LogP contribution in [0.25, 0.3) is 11.3 Å². The van der Waals surface area contributed by atoms with Gasteiger partial charge in [-0.25, -0.2) is 4.98 Å². The van der Waals surface area contributed by atoms with Gasteiger partial charge in [-0.1, -0.05) is 0 Å². The van der Waals surface area contributed by atoms with Crippen LogP contribution in [0.5, 0.6) is 5.75 Å². The molecule has 0 aliphatic carbocycles. The summed E-state index contributed by atoms with van der Waals surface area (Å²) in [6, 6.07) is 6.98. The van der Waals surface area contributed by atoms with E-state index in [9.17, 15) is 5.11 Å². The molecule has 0 unspecified atom stereocenters. The number of hydrogen-bond donors (Lipinski definition) is 1. The molecule has 15 heavy (non-hydrogen) atoms. The molecule has 0 saturated carbocycles. The van der Waals surface area contributed by atoms with E-state index in [-0.39, 0.29) is 5.75 Å². The number of aryl methyl sites for hydroxylation is 2. The molecule has 1 aromatic carbocycles. The smallest absolute Gasteiger partial charge is 0.115 e. The van der Waals surface area contributed by atoms with Crippen LogP contribution in [0.4, 0.5) is 0 Å². The number of benzene rings is 1. The summed E-state index contributed by atoms with van der Waals surface area (Å²) < 4.78 is 0. The highest BCUT2D eigenvalue weighted by Gasteiger charge is 2.04. The van der Waals surface area contributed by atoms with E-state index in [1.807, 2.05) is 26.0 Å². The molecule has 76 valence electrons. The van der Waals surface area contributed by atoms with Gasteiger partial charge in [-0.05, 0) is 38.1 Å². The fourth-order valence-corrected chi connectivity index (χ4v) is 1.43. The number of phenols is 1. The first-order valence-corrected chi connectivity index (χ1v) is 4.76. The highest BCUT2D eigenvalue weighted by atomic mass is 16.3. The largest absolute Gasteiger partial charge is 0.508 e. The van der Waals surface area contributed by atoms with E-state index in [0.717, 1.165) is 22.6 Å². The zero-order chi connectivity index (χ0) is 10.8. The Morgan fingerprint density at radius 3 is 2.40 bits per heavy atom. The average molecular weight is 200 g/mol. The SMILES string of the molecule is Cc1cnc(C)c(-c2ccc(O)cc2)n1. The van der Waals surface area contributed by atoms with Crippen molar-refractivity contribution < 1.29 is 5.11 Å². The van der Waals surface area contributed by atoms with Crippen LogP contribution < -0.4 is 0 Å².